The van der Waals surface area contributed by atoms with Crippen LogP contribution in [-0.2, 0) is 11.3 Å². The van der Waals surface area contributed by atoms with Gasteiger partial charge in [0.2, 0.25) is 5.91 Å². The fourth-order valence-corrected chi connectivity index (χ4v) is 1.59. The highest BCUT2D eigenvalue weighted by Gasteiger charge is 2.16. The van der Waals surface area contributed by atoms with Gasteiger partial charge in [-0.25, -0.2) is 0 Å². The molecule has 1 aromatic rings. The molecule has 0 aromatic heterocycles. The third-order valence-electron chi connectivity index (χ3n) is 2.56. The van der Waals surface area contributed by atoms with Crippen molar-refractivity contribution in [1.29, 1.82) is 0 Å². The zero-order valence-electron chi connectivity index (χ0n) is 10.2. The number of carbonyl (C=O) groups excluding carboxylic acids is 1. The summed E-state index contributed by atoms with van der Waals surface area (Å²) in [6, 6.07) is 7.83. The predicted octanol–water partition coefficient (Wildman–Crippen LogP) is 2.15. The maximum atomic E-state index is 11.9. The Kier molecular flexibility index (Phi) is 4.50. The Hall–Kier alpha value is -1.35. The lowest BCUT2D eigenvalue weighted by Gasteiger charge is -2.23. The number of benzene rings is 1. The fraction of sp³-hybridized carbons (Fsp3) is 0.462. The predicted molar refractivity (Wildman–Crippen MR) is 67.2 cm³/mol. The van der Waals surface area contributed by atoms with Crippen LogP contribution in [0.4, 0.5) is 5.69 Å². The molecule has 3 heteroatoms. The molecule has 0 fully saturated rings. The smallest absolute Gasteiger partial charge is 0.229 e. The topological polar surface area (TPSA) is 46.3 Å². The first-order valence-corrected chi connectivity index (χ1v) is 5.70. The van der Waals surface area contributed by atoms with Gasteiger partial charge in [0.25, 0.3) is 0 Å². The van der Waals surface area contributed by atoms with E-state index in [0.717, 1.165) is 11.3 Å². The van der Waals surface area contributed by atoms with Gasteiger partial charge in [0, 0.05) is 24.7 Å². The summed E-state index contributed by atoms with van der Waals surface area (Å²) in [4.78, 5) is 13.7. The molecule has 0 aliphatic rings. The van der Waals surface area contributed by atoms with E-state index in [1.54, 1.807) is 4.90 Å². The van der Waals surface area contributed by atoms with Crippen molar-refractivity contribution < 1.29 is 4.79 Å². The summed E-state index contributed by atoms with van der Waals surface area (Å²) in [5.74, 6) is 0.178. The molecule has 1 aromatic carbocycles. The van der Waals surface area contributed by atoms with Gasteiger partial charge >= 0.3 is 0 Å². The number of carbonyl (C=O) groups is 1. The highest BCUT2D eigenvalue weighted by Crippen LogP contribution is 2.17. The molecule has 0 saturated carbocycles. The van der Waals surface area contributed by atoms with Gasteiger partial charge in [-0.05, 0) is 24.6 Å². The number of nitrogens with two attached hydrogens (primary N) is 1. The third-order valence-corrected chi connectivity index (χ3v) is 2.56. The number of anilines is 1. The normalized spacial score (nSPS) is 10.6. The van der Waals surface area contributed by atoms with E-state index in [1.807, 2.05) is 45.0 Å². The number of nitrogens with zero attached hydrogens (tertiary/aromatic N) is 1. The Morgan fingerprint density at radius 3 is 2.25 bits per heavy atom. The minimum atomic E-state index is 0.0223. The standard InChI is InChI=1S/C13H20N2O/c1-4-15(13(16)10(2)3)12-7-5-11(9-14)6-8-12/h5-8,10H,4,9,14H2,1-3H3. The van der Waals surface area contributed by atoms with Crippen LogP contribution in [0.2, 0.25) is 0 Å². The number of hydrogen-bond acceptors (Lipinski definition) is 2. The molecule has 2 N–H and O–H groups in total. The van der Waals surface area contributed by atoms with E-state index in [-0.39, 0.29) is 11.8 Å². The molecule has 0 atom stereocenters. The monoisotopic (exact) mass is 220 g/mol. The molecule has 3 nitrogen and oxygen atoms in total. The summed E-state index contributed by atoms with van der Waals surface area (Å²) in [6.45, 7) is 7.04. The maximum absolute atomic E-state index is 11.9. The van der Waals surface area contributed by atoms with Gasteiger partial charge in [-0.1, -0.05) is 26.0 Å². The molecule has 0 heterocycles. The quantitative estimate of drug-likeness (QED) is 0.845. The molecule has 0 unspecified atom stereocenters. The highest BCUT2D eigenvalue weighted by molar-refractivity contribution is 5.94. The first kappa shape index (κ1) is 12.7. The molecule has 88 valence electrons. The third kappa shape index (κ3) is 2.83. The van der Waals surface area contributed by atoms with Gasteiger partial charge in [-0.15, -0.1) is 0 Å². The van der Waals surface area contributed by atoms with Crippen molar-refractivity contribution in [3.05, 3.63) is 29.8 Å². The summed E-state index contributed by atoms with van der Waals surface area (Å²) in [5, 5.41) is 0. The van der Waals surface area contributed by atoms with Crippen LogP contribution in [0.1, 0.15) is 26.3 Å². The Morgan fingerprint density at radius 2 is 1.88 bits per heavy atom. The van der Waals surface area contributed by atoms with E-state index in [2.05, 4.69) is 0 Å². The van der Waals surface area contributed by atoms with Crippen molar-refractivity contribution in [2.45, 2.75) is 27.3 Å². The molecule has 16 heavy (non-hydrogen) atoms. The van der Waals surface area contributed by atoms with Crippen LogP contribution in [0.3, 0.4) is 0 Å². The van der Waals surface area contributed by atoms with Gasteiger partial charge in [0.15, 0.2) is 0 Å². The molecular weight excluding hydrogens is 200 g/mol. The number of amides is 1. The summed E-state index contributed by atoms with van der Waals surface area (Å²) in [6.07, 6.45) is 0. The van der Waals surface area contributed by atoms with Gasteiger partial charge in [0.05, 0.1) is 0 Å². The van der Waals surface area contributed by atoms with Crippen LogP contribution in [0.25, 0.3) is 0 Å². The molecule has 0 aliphatic heterocycles. The zero-order valence-corrected chi connectivity index (χ0v) is 10.2. The fourth-order valence-electron chi connectivity index (χ4n) is 1.59. The maximum Gasteiger partial charge on any atom is 0.229 e. The Bertz CT molecular complexity index is 343. The molecule has 0 bridgehead atoms. The molecule has 0 spiro atoms. The van der Waals surface area contributed by atoms with Crippen molar-refractivity contribution in [2.24, 2.45) is 11.7 Å². The molecule has 0 saturated heterocycles. The van der Waals surface area contributed by atoms with E-state index in [4.69, 9.17) is 5.73 Å². The van der Waals surface area contributed by atoms with Crippen LogP contribution in [0.5, 0.6) is 0 Å². The first-order valence-electron chi connectivity index (χ1n) is 5.70. The van der Waals surface area contributed by atoms with Gasteiger partial charge in [0.1, 0.15) is 0 Å². The highest BCUT2D eigenvalue weighted by atomic mass is 16.2. The summed E-state index contributed by atoms with van der Waals surface area (Å²) < 4.78 is 0. The van der Waals surface area contributed by atoms with E-state index < -0.39 is 0 Å². The number of hydrogen-bond donors (Lipinski definition) is 1. The zero-order chi connectivity index (χ0) is 12.1. The lowest BCUT2D eigenvalue weighted by Crippen LogP contribution is -2.33. The van der Waals surface area contributed by atoms with Gasteiger partial charge < -0.3 is 10.6 Å². The second-order valence-corrected chi connectivity index (χ2v) is 4.11. The van der Waals surface area contributed by atoms with Crippen LogP contribution in [-0.4, -0.2) is 12.5 Å². The van der Waals surface area contributed by atoms with Crippen LogP contribution in [0.15, 0.2) is 24.3 Å². The van der Waals surface area contributed by atoms with E-state index in [1.165, 1.54) is 0 Å². The lowest BCUT2D eigenvalue weighted by atomic mass is 10.1. The number of rotatable bonds is 4. The minimum absolute atomic E-state index is 0.0223. The molecule has 1 rings (SSSR count). The summed E-state index contributed by atoms with van der Waals surface area (Å²) in [5.41, 5.74) is 7.56. The molecule has 0 radical (unpaired) electrons. The Morgan fingerprint density at radius 1 is 1.31 bits per heavy atom. The van der Waals surface area contributed by atoms with Crippen LogP contribution in [0, 0.1) is 5.92 Å². The van der Waals surface area contributed by atoms with E-state index >= 15 is 0 Å². The molecule has 1 amide bonds. The van der Waals surface area contributed by atoms with Crippen molar-refractivity contribution in [2.75, 3.05) is 11.4 Å². The van der Waals surface area contributed by atoms with Crippen molar-refractivity contribution >= 4 is 11.6 Å². The van der Waals surface area contributed by atoms with Crippen molar-refractivity contribution in [3.63, 3.8) is 0 Å². The average Bonchev–Trinajstić information content (AvgIpc) is 2.30. The van der Waals surface area contributed by atoms with Crippen LogP contribution >= 0.6 is 0 Å². The van der Waals surface area contributed by atoms with Crippen LogP contribution < -0.4 is 10.6 Å². The average molecular weight is 220 g/mol. The van der Waals surface area contributed by atoms with E-state index in [0.29, 0.717) is 13.1 Å². The molecular formula is C13H20N2O. The second-order valence-electron chi connectivity index (χ2n) is 4.11. The van der Waals surface area contributed by atoms with E-state index in [9.17, 15) is 4.79 Å². The second kappa shape index (κ2) is 5.66. The summed E-state index contributed by atoms with van der Waals surface area (Å²) >= 11 is 0. The molecule has 0 aliphatic carbocycles. The van der Waals surface area contributed by atoms with Crippen molar-refractivity contribution in [1.82, 2.24) is 0 Å². The Labute approximate surface area is 97.2 Å². The largest absolute Gasteiger partial charge is 0.326 e. The summed E-state index contributed by atoms with van der Waals surface area (Å²) in [7, 11) is 0. The van der Waals surface area contributed by atoms with Gasteiger partial charge in [-0.2, -0.15) is 0 Å². The first-order chi connectivity index (χ1) is 7.60. The lowest BCUT2D eigenvalue weighted by molar-refractivity contribution is -0.121. The SMILES string of the molecule is CCN(C(=O)C(C)C)c1ccc(CN)cc1. The minimum Gasteiger partial charge on any atom is -0.326 e. The Balaban J connectivity index is 2.91. The van der Waals surface area contributed by atoms with Gasteiger partial charge in [-0.3, -0.25) is 4.79 Å². The van der Waals surface area contributed by atoms with Crippen molar-refractivity contribution in [3.8, 4) is 0 Å².